The van der Waals surface area contributed by atoms with Gasteiger partial charge in [-0.2, -0.15) is 0 Å². The van der Waals surface area contributed by atoms with Crippen LogP contribution in [0.5, 0.6) is 11.5 Å². The number of hydrogen-bond donors (Lipinski definition) is 0. The minimum atomic E-state index is -3.66. The number of sulfonamides is 1. The molecule has 0 bridgehead atoms. The molecule has 0 aromatic heterocycles. The summed E-state index contributed by atoms with van der Waals surface area (Å²) in [5.74, 6) is 1.02. The quantitative estimate of drug-likeness (QED) is 0.817. The second kappa shape index (κ2) is 5.81. The highest BCUT2D eigenvalue weighted by atomic mass is 79.9. The normalized spacial score (nSPS) is 13.7. The first-order chi connectivity index (χ1) is 10.5. The second-order valence-electron chi connectivity index (χ2n) is 4.75. The smallest absolute Gasteiger partial charge is 0.264 e. The highest BCUT2D eigenvalue weighted by molar-refractivity contribution is 9.10. The molecule has 0 atom stereocenters. The lowest BCUT2D eigenvalue weighted by atomic mass is 10.3. The summed E-state index contributed by atoms with van der Waals surface area (Å²) >= 11 is 3.33. The van der Waals surface area contributed by atoms with Gasteiger partial charge in [-0.25, -0.2) is 8.42 Å². The maximum absolute atomic E-state index is 12.7. The maximum atomic E-state index is 12.7. The van der Waals surface area contributed by atoms with Gasteiger partial charge in [0.1, 0.15) is 13.2 Å². The Kier molecular flexibility index (Phi) is 4.01. The number of nitrogens with zero attached hydrogens (tertiary/aromatic N) is 1. The Morgan fingerprint density at radius 2 is 1.64 bits per heavy atom. The van der Waals surface area contributed by atoms with Gasteiger partial charge in [0.15, 0.2) is 11.5 Å². The van der Waals surface area contributed by atoms with E-state index in [2.05, 4.69) is 15.9 Å². The number of anilines is 1. The van der Waals surface area contributed by atoms with Gasteiger partial charge in [-0.3, -0.25) is 4.31 Å². The van der Waals surface area contributed by atoms with E-state index in [9.17, 15) is 8.42 Å². The molecule has 2 aromatic carbocycles. The third-order valence-electron chi connectivity index (χ3n) is 3.36. The van der Waals surface area contributed by atoms with Crippen LogP contribution in [0.2, 0.25) is 0 Å². The standard InChI is InChI=1S/C15H14BrNO4S/c1-17(12-4-2-11(16)3-5-12)22(18,19)13-6-7-14-15(10-13)21-9-8-20-14/h2-7,10H,8-9H2,1H3. The van der Waals surface area contributed by atoms with Crippen molar-refractivity contribution in [3.63, 3.8) is 0 Å². The first-order valence-corrected chi connectivity index (χ1v) is 8.86. The summed E-state index contributed by atoms with van der Waals surface area (Å²) in [6.07, 6.45) is 0. The first kappa shape index (κ1) is 15.2. The van der Waals surface area contributed by atoms with Crippen LogP contribution >= 0.6 is 15.9 Å². The molecule has 0 radical (unpaired) electrons. The third kappa shape index (κ3) is 2.78. The molecule has 1 heterocycles. The number of fused-ring (bicyclic) bond motifs is 1. The molecule has 0 saturated heterocycles. The lowest BCUT2D eigenvalue weighted by Crippen LogP contribution is -2.26. The van der Waals surface area contributed by atoms with Crippen LogP contribution in [0.15, 0.2) is 51.8 Å². The van der Waals surface area contributed by atoms with Crippen LogP contribution in [0.4, 0.5) is 5.69 Å². The molecule has 2 aromatic rings. The third-order valence-corrected chi connectivity index (χ3v) is 5.67. The van der Waals surface area contributed by atoms with Crippen LogP contribution in [-0.4, -0.2) is 28.7 Å². The zero-order valence-corrected chi connectivity index (χ0v) is 14.2. The van der Waals surface area contributed by atoms with E-state index in [0.717, 1.165) is 4.47 Å². The van der Waals surface area contributed by atoms with Gasteiger partial charge in [-0.15, -0.1) is 0 Å². The largest absolute Gasteiger partial charge is 0.486 e. The van der Waals surface area contributed by atoms with Gasteiger partial charge in [0, 0.05) is 17.6 Å². The van der Waals surface area contributed by atoms with E-state index in [1.54, 1.807) is 30.3 Å². The lowest BCUT2D eigenvalue weighted by Gasteiger charge is -2.22. The first-order valence-electron chi connectivity index (χ1n) is 6.62. The van der Waals surface area contributed by atoms with Crippen molar-refractivity contribution in [2.75, 3.05) is 24.6 Å². The van der Waals surface area contributed by atoms with Gasteiger partial charge in [-0.1, -0.05) is 15.9 Å². The van der Waals surface area contributed by atoms with Crippen molar-refractivity contribution < 1.29 is 17.9 Å². The number of hydrogen-bond acceptors (Lipinski definition) is 4. The Balaban J connectivity index is 1.97. The number of benzene rings is 2. The molecular weight excluding hydrogens is 370 g/mol. The zero-order chi connectivity index (χ0) is 15.7. The summed E-state index contributed by atoms with van der Waals surface area (Å²) in [5.41, 5.74) is 0.582. The van der Waals surface area contributed by atoms with Crippen molar-refractivity contribution in [1.82, 2.24) is 0 Å². The number of rotatable bonds is 3. The highest BCUT2D eigenvalue weighted by Crippen LogP contribution is 2.33. The molecule has 0 amide bonds. The fourth-order valence-electron chi connectivity index (χ4n) is 2.13. The number of halogens is 1. The van der Waals surface area contributed by atoms with Crippen LogP contribution in [-0.2, 0) is 10.0 Å². The summed E-state index contributed by atoms with van der Waals surface area (Å²) < 4.78 is 38.4. The Morgan fingerprint density at radius 3 is 2.32 bits per heavy atom. The predicted molar refractivity (Wildman–Crippen MR) is 87.2 cm³/mol. The van der Waals surface area contributed by atoms with Crippen LogP contribution < -0.4 is 13.8 Å². The van der Waals surface area contributed by atoms with E-state index in [-0.39, 0.29) is 4.90 Å². The van der Waals surface area contributed by atoms with E-state index in [1.807, 2.05) is 0 Å². The van der Waals surface area contributed by atoms with Crippen molar-refractivity contribution in [3.8, 4) is 11.5 Å². The molecule has 1 aliphatic heterocycles. The molecule has 1 aliphatic rings. The van der Waals surface area contributed by atoms with Crippen molar-refractivity contribution in [1.29, 1.82) is 0 Å². The van der Waals surface area contributed by atoms with E-state index in [1.165, 1.54) is 23.5 Å². The Morgan fingerprint density at radius 1 is 1.00 bits per heavy atom. The minimum Gasteiger partial charge on any atom is -0.486 e. The van der Waals surface area contributed by atoms with Gasteiger partial charge < -0.3 is 9.47 Å². The van der Waals surface area contributed by atoms with Crippen molar-refractivity contribution in [3.05, 3.63) is 46.9 Å². The highest BCUT2D eigenvalue weighted by Gasteiger charge is 2.24. The summed E-state index contributed by atoms with van der Waals surface area (Å²) in [7, 11) is -2.13. The molecular formula is C15H14BrNO4S. The van der Waals surface area contributed by atoms with E-state index < -0.39 is 10.0 Å². The maximum Gasteiger partial charge on any atom is 0.264 e. The van der Waals surface area contributed by atoms with Crippen LogP contribution in [0, 0.1) is 0 Å². The second-order valence-corrected chi connectivity index (χ2v) is 7.64. The van der Waals surface area contributed by atoms with E-state index in [0.29, 0.717) is 30.4 Å². The monoisotopic (exact) mass is 383 g/mol. The topological polar surface area (TPSA) is 55.8 Å². The SMILES string of the molecule is CN(c1ccc(Br)cc1)S(=O)(=O)c1ccc2c(c1)OCCO2. The van der Waals surface area contributed by atoms with Gasteiger partial charge in [0.05, 0.1) is 10.6 Å². The molecule has 0 saturated carbocycles. The summed E-state index contributed by atoms with van der Waals surface area (Å²) in [5, 5.41) is 0. The van der Waals surface area contributed by atoms with E-state index in [4.69, 9.17) is 9.47 Å². The molecule has 0 N–H and O–H groups in total. The van der Waals surface area contributed by atoms with Crippen LogP contribution in [0.1, 0.15) is 0 Å². The average Bonchev–Trinajstić information content (AvgIpc) is 2.54. The molecule has 116 valence electrons. The zero-order valence-electron chi connectivity index (χ0n) is 11.8. The van der Waals surface area contributed by atoms with E-state index >= 15 is 0 Å². The summed E-state index contributed by atoms with van der Waals surface area (Å²) in [6, 6.07) is 11.7. The average molecular weight is 384 g/mol. The summed E-state index contributed by atoms with van der Waals surface area (Å²) in [6.45, 7) is 0.886. The van der Waals surface area contributed by atoms with Crippen molar-refractivity contribution in [2.24, 2.45) is 0 Å². The van der Waals surface area contributed by atoms with Gasteiger partial charge in [0.2, 0.25) is 0 Å². The molecule has 0 unspecified atom stereocenters. The van der Waals surface area contributed by atoms with Crippen molar-refractivity contribution in [2.45, 2.75) is 4.90 Å². The molecule has 22 heavy (non-hydrogen) atoms. The molecule has 0 aliphatic carbocycles. The van der Waals surface area contributed by atoms with Crippen LogP contribution in [0.25, 0.3) is 0 Å². The molecule has 0 spiro atoms. The van der Waals surface area contributed by atoms with Crippen LogP contribution in [0.3, 0.4) is 0 Å². The molecule has 7 heteroatoms. The number of ether oxygens (including phenoxy) is 2. The van der Waals surface area contributed by atoms with Gasteiger partial charge in [0.25, 0.3) is 10.0 Å². The molecule has 3 rings (SSSR count). The van der Waals surface area contributed by atoms with Gasteiger partial charge in [-0.05, 0) is 36.4 Å². The summed E-state index contributed by atoms with van der Waals surface area (Å²) in [4.78, 5) is 0.169. The Hall–Kier alpha value is -1.73. The fraction of sp³-hybridized carbons (Fsp3) is 0.200. The molecule has 0 fully saturated rings. The predicted octanol–water partition coefficient (Wildman–Crippen LogP) is 3.05. The minimum absolute atomic E-state index is 0.169. The lowest BCUT2D eigenvalue weighted by molar-refractivity contribution is 0.171. The Labute approximate surface area is 137 Å². The van der Waals surface area contributed by atoms with Gasteiger partial charge >= 0.3 is 0 Å². The fourth-order valence-corrected chi connectivity index (χ4v) is 3.61. The van der Waals surface area contributed by atoms with Crippen molar-refractivity contribution >= 4 is 31.6 Å². The Bertz CT molecular complexity index is 790. The molecule has 5 nitrogen and oxygen atoms in total.